The molecule has 4 nitrogen and oxygen atoms in total. The van der Waals surface area contributed by atoms with Gasteiger partial charge in [-0.25, -0.2) is 0 Å². The molecule has 1 fully saturated rings. The minimum atomic E-state index is -0.825. The molecule has 1 saturated heterocycles. The maximum atomic E-state index is 10.7. The molecule has 0 radical (unpaired) electrons. The van der Waals surface area contributed by atoms with E-state index in [1.54, 1.807) is 0 Å². The third-order valence-corrected chi connectivity index (χ3v) is 2.72. The van der Waals surface area contributed by atoms with E-state index in [4.69, 9.17) is 9.84 Å². The molecule has 0 atom stereocenters. The molecule has 1 aromatic carbocycles. The highest BCUT2D eigenvalue weighted by atomic mass is 16.5. The largest absolute Gasteiger partial charge is 0.484 e. The number of aryl methyl sites for hydroxylation is 1. The Hall–Kier alpha value is -1.55. The van der Waals surface area contributed by atoms with E-state index in [1.165, 1.54) is 0 Å². The zero-order valence-electron chi connectivity index (χ0n) is 9.19. The lowest BCUT2D eigenvalue weighted by molar-refractivity contribution is -0.143. The smallest absolute Gasteiger partial charge is 0.307 e. The molecule has 0 aromatic heterocycles. The molecule has 16 heavy (non-hydrogen) atoms. The Balaban J connectivity index is 2.06. The van der Waals surface area contributed by atoms with Crippen molar-refractivity contribution < 1.29 is 14.6 Å². The van der Waals surface area contributed by atoms with Crippen LogP contribution in [0.5, 0.6) is 5.75 Å². The second-order valence-electron chi connectivity index (χ2n) is 4.27. The van der Waals surface area contributed by atoms with E-state index in [-0.39, 0.29) is 6.42 Å². The fourth-order valence-electron chi connectivity index (χ4n) is 1.77. The summed E-state index contributed by atoms with van der Waals surface area (Å²) in [5.74, 6) is -0.0954. The Morgan fingerprint density at radius 3 is 2.50 bits per heavy atom. The van der Waals surface area contributed by atoms with Gasteiger partial charge in [0.2, 0.25) is 0 Å². The lowest BCUT2D eigenvalue weighted by Gasteiger charge is -2.41. The Morgan fingerprint density at radius 2 is 2.06 bits per heavy atom. The first-order valence-electron chi connectivity index (χ1n) is 5.28. The molecule has 2 N–H and O–H groups in total. The van der Waals surface area contributed by atoms with Crippen molar-refractivity contribution >= 4 is 5.97 Å². The van der Waals surface area contributed by atoms with Crippen LogP contribution in [-0.2, 0) is 4.79 Å². The summed E-state index contributed by atoms with van der Waals surface area (Å²) in [5, 5.41) is 11.9. The summed E-state index contributed by atoms with van der Waals surface area (Å²) in [5.41, 5.74) is 0.590. The molecular weight excluding hydrogens is 206 g/mol. The predicted molar refractivity (Wildman–Crippen MR) is 59.7 cm³/mol. The van der Waals surface area contributed by atoms with E-state index in [9.17, 15) is 4.79 Å². The van der Waals surface area contributed by atoms with E-state index in [1.807, 2.05) is 31.2 Å². The lowest BCUT2D eigenvalue weighted by Crippen LogP contribution is -2.64. The maximum absolute atomic E-state index is 10.7. The second-order valence-corrected chi connectivity index (χ2v) is 4.27. The predicted octanol–water partition coefficient (Wildman–Crippen LogP) is 1.19. The fourth-order valence-corrected chi connectivity index (χ4v) is 1.77. The molecular formula is C12H15NO3. The third kappa shape index (κ3) is 2.33. The molecule has 1 heterocycles. The zero-order chi connectivity index (χ0) is 11.6. The van der Waals surface area contributed by atoms with Gasteiger partial charge in [-0.15, -0.1) is 0 Å². The molecule has 1 aliphatic heterocycles. The average molecular weight is 221 g/mol. The number of carbonyl (C=O) groups is 1. The van der Waals surface area contributed by atoms with Gasteiger partial charge in [0.15, 0.2) is 0 Å². The Bertz CT molecular complexity index is 382. The van der Waals surface area contributed by atoms with Crippen LogP contribution >= 0.6 is 0 Å². The van der Waals surface area contributed by atoms with Gasteiger partial charge in [0.1, 0.15) is 11.4 Å². The highest BCUT2D eigenvalue weighted by Crippen LogP contribution is 2.25. The van der Waals surface area contributed by atoms with Crippen LogP contribution in [0.4, 0.5) is 0 Å². The summed E-state index contributed by atoms with van der Waals surface area (Å²) >= 11 is 0. The van der Waals surface area contributed by atoms with E-state index in [0.717, 1.165) is 11.3 Å². The van der Waals surface area contributed by atoms with Gasteiger partial charge in [-0.2, -0.15) is 0 Å². The normalized spacial score (nSPS) is 17.6. The number of nitrogens with one attached hydrogen (secondary N) is 1. The molecule has 4 heteroatoms. The number of carboxylic acids is 1. The molecule has 0 saturated carbocycles. The topological polar surface area (TPSA) is 58.6 Å². The first-order chi connectivity index (χ1) is 7.60. The minimum Gasteiger partial charge on any atom is -0.484 e. The summed E-state index contributed by atoms with van der Waals surface area (Å²) in [4.78, 5) is 10.7. The summed E-state index contributed by atoms with van der Waals surface area (Å²) in [7, 11) is 0. The number of ether oxygens (including phenoxy) is 1. The van der Waals surface area contributed by atoms with Gasteiger partial charge < -0.3 is 15.2 Å². The highest BCUT2D eigenvalue weighted by molar-refractivity contribution is 5.68. The first kappa shape index (κ1) is 11.0. The molecule has 2 rings (SSSR count). The molecule has 0 spiro atoms. The summed E-state index contributed by atoms with van der Waals surface area (Å²) in [6.45, 7) is 3.18. The first-order valence-corrected chi connectivity index (χ1v) is 5.28. The number of hydrogen-bond donors (Lipinski definition) is 2. The molecule has 86 valence electrons. The number of rotatable bonds is 4. The van der Waals surface area contributed by atoms with Crippen molar-refractivity contribution in [2.24, 2.45) is 0 Å². The van der Waals surface area contributed by atoms with Gasteiger partial charge in [0.05, 0.1) is 6.42 Å². The number of benzene rings is 1. The zero-order valence-corrected chi connectivity index (χ0v) is 9.19. The third-order valence-electron chi connectivity index (χ3n) is 2.72. The minimum absolute atomic E-state index is 0.0356. The second kappa shape index (κ2) is 4.14. The van der Waals surface area contributed by atoms with Crippen LogP contribution in [0.1, 0.15) is 12.0 Å². The van der Waals surface area contributed by atoms with Crippen molar-refractivity contribution in [1.82, 2.24) is 5.32 Å². The quantitative estimate of drug-likeness (QED) is 0.801. The molecule has 0 amide bonds. The van der Waals surface area contributed by atoms with Crippen LogP contribution in [-0.4, -0.2) is 29.8 Å². The summed E-state index contributed by atoms with van der Waals surface area (Å²) in [6, 6.07) is 7.65. The van der Waals surface area contributed by atoms with E-state index in [0.29, 0.717) is 13.1 Å². The van der Waals surface area contributed by atoms with Crippen LogP contribution in [0, 0.1) is 6.92 Å². The average Bonchev–Trinajstić information content (AvgIpc) is 2.17. The van der Waals surface area contributed by atoms with Crippen LogP contribution in [0.3, 0.4) is 0 Å². The van der Waals surface area contributed by atoms with Crippen molar-refractivity contribution in [2.45, 2.75) is 18.9 Å². The van der Waals surface area contributed by atoms with Crippen LogP contribution < -0.4 is 10.1 Å². The molecule has 0 bridgehead atoms. The monoisotopic (exact) mass is 221 g/mol. The van der Waals surface area contributed by atoms with Gasteiger partial charge in [-0.05, 0) is 19.1 Å². The van der Waals surface area contributed by atoms with E-state index in [2.05, 4.69) is 5.32 Å². The van der Waals surface area contributed by atoms with Crippen molar-refractivity contribution in [1.29, 1.82) is 0 Å². The van der Waals surface area contributed by atoms with E-state index >= 15 is 0 Å². The SMILES string of the molecule is Cc1ccc(OC2(CC(=O)O)CNC2)cc1. The number of aliphatic carboxylic acids is 1. The molecule has 1 aliphatic rings. The molecule has 0 unspecified atom stereocenters. The number of carboxylic acid groups (broad SMARTS) is 1. The Morgan fingerprint density at radius 1 is 1.44 bits per heavy atom. The van der Waals surface area contributed by atoms with Crippen LogP contribution in [0.2, 0.25) is 0 Å². The Kier molecular flexibility index (Phi) is 2.83. The fraction of sp³-hybridized carbons (Fsp3) is 0.417. The highest BCUT2D eigenvalue weighted by Gasteiger charge is 2.41. The van der Waals surface area contributed by atoms with Gasteiger partial charge in [0, 0.05) is 13.1 Å². The molecule has 0 aliphatic carbocycles. The standard InChI is InChI=1S/C12H15NO3/c1-9-2-4-10(5-3-9)16-12(6-11(14)15)7-13-8-12/h2-5,13H,6-8H2,1H3,(H,14,15). The van der Waals surface area contributed by atoms with Gasteiger partial charge in [0.25, 0.3) is 0 Å². The van der Waals surface area contributed by atoms with Gasteiger partial charge >= 0.3 is 5.97 Å². The lowest BCUT2D eigenvalue weighted by atomic mass is 9.92. The number of hydrogen-bond acceptors (Lipinski definition) is 3. The van der Waals surface area contributed by atoms with Crippen molar-refractivity contribution in [2.75, 3.05) is 13.1 Å². The summed E-state index contributed by atoms with van der Waals surface area (Å²) in [6.07, 6.45) is 0.0356. The van der Waals surface area contributed by atoms with Crippen molar-refractivity contribution in [3.05, 3.63) is 29.8 Å². The van der Waals surface area contributed by atoms with Crippen LogP contribution in [0.25, 0.3) is 0 Å². The summed E-state index contributed by atoms with van der Waals surface area (Å²) < 4.78 is 5.76. The van der Waals surface area contributed by atoms with Crippen molar-refractivity contribution in [3.8, 4) is 5.75 Å². The van der Waals surface area contributed by atoms with Gasteiger partial charge in [-0.1, -0.05) is 17.7 Å². The van der Waals surface area contributed by atoms with E-state index < -0.39 is 11.6 Å². The Labute approximate surface area is 94.2 Å². The van der Waals surface area contributed by atoms with Crippen molar-refractivity contribution in [3.63, 3.8) is 0 Å². The maximum Gasteiger partial charge on any atom is 0.307 e. The molecule has 1 aromatic rings. The van der Waals surface area contributed by atoms with Gasteiger partial charge in [-0.3, -0.25) is 4.79 Å². The van der Waals surface area contributed by atoms with Crippen LogP contribution in [0.15, 0.2) is 24.3 Å².